The molecule has 27 heavy (non-hydrogen) atoms. The molecule has 2 aromatic rings. The number of fused-ring (bicyclic) bond motifs is 1. The summed E-state index contributed by atoms with van der Waals surface area (Å²) in [7, 11) is -8.37. The van der Waals surface area contributed by atoms with Crippen LogP contribution in [0.3, 0.4) is 0 Å². The van der Waals surface area contributed by atoms with Crippen LogP contribution < -0.4 is 9.44 Å². The van der Waals surface area contributed by atoms with Gasteiger partial charge in [0.05, 0.1) is 21.2 Å². The third kappa shape index (κ3) is 3.64. The van der Waals surface area contributed by atoms with Crippen molar-refractivity contribution < 1.29 is 30.0 Å². The van der Waals surface area contributed by atoms with Crippen LogP contribution in [-0.2, 0) is 32.6 Å². The Bertz CT molecular complexity index is 1130. The molecule has 2 N–H and O–H groups in total. The third-order valence-electron chi connectivity index (χ3n) is 4.06. The molecule has 0 saturated carbocycles. The zero-order valence-corrected chi connectivity index (χ0v) is 15.8. The average molecular weight is 441 g/mol. The van der Waals surface area contributed by atoms with Crippen molar-refractivity contribution in [2.75, 3.05) is 10.8 Å². The van der Waals surface area contributed by atoms with Crippen molar-refractivity contribution >= 4 is 37.3 Å². The van der Waals surface area contributed by atoms with Gasteiger partial charge in [-0.15, -0.1) is 0 Å². The summed E-state index contributed by atoms with van der Waals surface area (Å²) in [5.41, 5.74) is -0.585. The summed E-state index contributed by atoms with van der Waals surface area (Å²) < 4.78 is 88.4. The van der Waals surface area contributed by atoms with Crippen molar-refractivity contribution in [2.45, 2.75) is 22.4 Å². The van der Waals surface area contributed by atoms with Crippen LogP contribution >= 0.6 is 11.6 Å². The normalized spacial score (nSPS) is 15.1. The molecule has 12 heteroatoms. The quantitative estimate of drug-likeness (QED) is 0.793. The molecular weight excluding hydrogens is 429 g/mol. The van der Waals surface area contributed by atoms with Gasteiger partial charge in [-0.25, -0.2) is 22.0 Å². The highest BCUT2D eigenvalue weighted by Gasteiger charge is 2.36. The Morgan fingerprint density at radius 3 is 2.30 bits per heavy atom. The molecule has 0 unspecified atom stereocenters. The number of primary sulfonamides is 1. The van der Waals surface area contributed by atoms with Crippen LogP contribution in [0, 0.1) is 0 Å². The molecular formula is C15H12ClF3N2O4S2. The molecule has 1 aliphatic heterocycles. The van der Waals surface area contributed by atoms with Crippen LogP contribution in [-0.4, -0.2) is 23.4 Å². The number of hydrogen-bond acceptors (Lipinski definition) is 4. The van der Waals surface area contributed by atoms with Crippen molar-refractivity contribution in [3.63, 3.8) is 0 Å². The van der Waals surface area contributed by atoms with Gasteiger partial charge in [-0.2, -0.15) is 13.2 Å². The van der Waals surface area contributed by atoms with Gasteiger partial charge in [0.25, 0.3) is 10.0 Å². The van der Waals surface area contributed by atoms with Gasteiger partial charge in [0, 0.05) is 6.54 Å². The zero-order valence-electron chi connectivity index (χ0n) is 13.4. The number of nitrogens with two attached hydrogens (primary N) is 1. The van der Waals surface area contributed by atoms with E-state index in [2.05, 4.69) is 0 Å². The molecule has 0 radical (unpaired) electrons. The van der Waals surface area contributed by atoms with Crippen LogP contribution in [0.25, 0.3) is 0 Å². The third-order valence-corrected chi connectivity index (χ3v) is 7.26. The van der Waals surface area contributed by atoms with Crippen molar-refractivity contribution in [1.82, 2.24) is 0 Å². The molecule has 0 fully saturated rings. The van der Waals surface area contributed by atoms with E-state index in [1.807, 2.05) is 0 Å². The summed E-state index contributed by atoms with van der Waals surface area (Å²) in [6, 6.07) is 5.68. The molecule has 146 valence electrons. The highest BCUT2D eigenvalue weighted by molar-refractivity contribution is 7.93. The largest absolute Gasteiger partial charge is 0.416 e. The second-order valence-corrected chi connectivity index (χ2v) is 9.61. The maximum atomic E-state index is 12.9. The average Bonchev–Trinajstić information content (AvgIpc) is 2.97. The highest BCUT2D eigenvalue weighted by Crippen LogP contribution is 2.38. The van der Waals surface area contributed by atoms with E-state index in [9.17, 15) is 30.0 Å². The van der Waals surface area contributed by atoms with Gasteiger partial charge in [-0.3, -0.25) is 4.31 Å². The molecule has 1 aliphatic rings. The second-order valence-electron chi connectivity index (χ2n) is 5.81. The zero-order chi connectivity index (χ0) is 20.2. The highest BCUT2D eigenvalue weighted by atomic mass is 35.5. The van der Waals surface area contributed by atoms with Gasteiger partial charge >= 0.3 is 6.18 Å². The second kappa shape index (κ2) is 6.36. The first-order valence-corrected chi connectivity index (χ1v) is 10.7. The van der Waals surface area contributed by atoms with Gasteiger partial charge in [-0.1, -0.05) is 11.6 Å². The van der Waals surface area contributed by atoms with Crippen molar-refractivity contribution in [3.05, 3.63) is 52.5 Å². The van der Waals surface area contributed by atoms with Gasteiger partial charge in [-0.05, 0) is 48.4 Å². The van der Waals surface area contributed by atoms with Gasteiger partial charge in [0.15, 0.2) is 0 Å². The Balaban J connectivity index is 2.09. The number of anilines is 1. The van der Waals surface area contributed by atoms with E-state index in [-0.39, 0.29) is 28.6 Å². The molecule has 2 aromatic carbocycles. The SMILES string of the molecule is NS(=O)(=O)c1ccc2c(c1)CCN2S(=O)(=O)c1cc(C(F)(F)F)ccc1Cl. The maximum absolute atomic E-state index is 12.9. The van der Waals surface area contributed by atoms with Crippen LogP contribution in [0.4, 0.5) is 18.9 Å². The van der Waals surface area contributed by atoms with Crippen molar-refractivity contribution in [3.8, 4) is 0 Å². The number of rotatable bonds is 3. The summed E-state index contributed by atoms with van der Waals surface area (Å²) in [6.45, 7) is -0.0711. The standard InChI is InChI=1S/C15H12ClF3N2O4S2/c16-12-3-1-10(15(17,18)19)8-14(12)27(24,25)21-6-5-9-7-11(26(20,22)23)2-4-13(9)21/h1-4,7-8H,5-6H2,(H2,20,22,23). The summed E-state index contributed by atoms with van der Waals surface area (Å²) >= 11 is 5.85. The first-order chi connectivity index (χ1) is 12.3. The molecule has 0 saturated heterocycles. The topological polar surface area (TPSA) is 97.5 Å². The Morgan fingerprint density at radius 2 is 1.70 bits per heavy atom. The lowest BCUT2D eigenvalue weighted by Gasteiger charge is -2.21. The molecule has 6 nitrogen and oxygen atoms in total. The molecule has 0 amide bonds. The van der Waals surface area contributed by atoms with Gasteiger partial charge in [0.1, 0.15) is 4.90 Å². The monoisotopic (exact) mass is 440 g/mol. The minimum absolute atomic E-state index is 0.0711. The molecule has 3 rings (SSSR count). The van der Waals surface area contributed by atoms with Crippen molar-refractivity contribution in [1.29, 1.82) is 0 Å². The molecule has 0 atom stereocenters. The Hall–Kier alpha value is -1.82. The fourth-order valence-electron chi connectivity index (χ4n) is 2.77. The summed E-state index contributed by atoms with van der Waals surface area (Å²) in [6.07, 6.45) is -4.56. The number of hydrogen-bond donors (Lipinski definition) is 1. The number of benzene rings is 2. The molecule has 0 aromatic heterocycles. The van der Waals surface area contributed by atoms with Crippen LogP contribution in [0.5, 0.6) is 0 Å². The predicted molar refractivity (Wildman–Crippen MR) is 92.5 cm³/mol. The Labute approximate surface area is 158 Å². The fraction of sp³-hybridized carbons (Fsp3) is 0.200. The first kappa shape index (κ1) is 19.9. The predicted octanol–water partition coefficient (Wildman–Crippen LogP) is 2.76. The molecule has 0 bridgehead atoms. The van der Waals surface area contributed by atoms with E-state index in [4.69, 9.17) is 16.7 Å². The van der Waals surface area contributed by atoms with E-state index >= 15 is 0 Å². The minimum atomic E-state index is -4.73. The lowest BCUT2D eigenvalue weighted by molar-refractivity contribution is -0.137. The van der Waals surface area contributed by atoms with Crippen LogP contribution in [0.2, 0.25) is 5.02 Å². The van der Waals surface area contributed by atoms with Gasteiger partial charge < -0.3 is 0 Å². The summed E-state index contributed by atoms with van der Waals surface area (Å²) in [5.74, 6) is 0. The number of nitrogens with zero attached hydrogens (tertiary/aromatic N) is 1. The molecule has 1 heterocycles. The number of sulfonamides is 2. The number of halogens is 4. The molecule has 0 aliphatic carbocycles. The van der Waals surface area contributed by atoms with Crippen LogP contribution in [0.15, 0.2) is 46.2 Å². The minimum Gasteiger partial charge on any atom is -0.266 e. The summed E-state index contributed by atoms with van der Waals surface area (Å²) in [4.78, 5) is -0.861. The van der Waals surface area contributed by atoms with Crippen molar-refractivity contribution in [2.24, 2.45) is 5.14 Å². The fourth-order valence-corrected chi connectivity index (χ4v) is 5.34. The summed E-state index contributed by atoms with van der Waals surface area (Å²) in [5, 5.41) is 4.71. The smallest absolute Gasteiger partial charge is 0.266 e. The number of alkyl halides is 3. The maximum Gasteiger partial charge on any atom is 0.416 e. The van der Waals surface area contributed by atoms with E-state index < -0.39 is 36.7 Å². The van der Waals surface area contributed by atoms with Crippen LogP contribution in [0.1, 0.15) is 11.1 Å². The first-order valence-electron chi connectivity index (χ1n) is 7.37. The Morgan fingerprint density at radius 1 is 1.04 bits per heavy atom. The Kier molecular flexibility index (Phi) is 4.70. The lowest BCUT2D eigenvalue weighted by Crippen LogP contribution is -2.29. The van der Waals surface area contributed by atoms with E-state index in [0.29, 0.717) is 17.7 Å². The van der Waals surface area contributed by atoms with E-state index in [0.717, 1.165) is 16.4 Å². The molecule has 0 spiro atoms. The van der Waals surface area contributed by atoms with Gasteiger partial charge in [0.2, 0.25) is 10.0 Å². The van der Waals surface area contributed by atoms with E-state index in [1.54, 1.807) is 0 Å². The van der Waals surface area contributed by atoms with E-state index in [1.165, 1.54) is 12.1 Å². The lowest BCUT2D eigenvalue weighted by atomic mass is 10.2.